The Morgan fingerprint density at radius 1 is 1.19 bits per heavy atom. The molecule has 2 aromatic rings. The van der Waals surface area contributed by atoms with Gasteiger partial charge in [-0.25, -0.2) is 5.43 Å². The van der Waals surface area contributed by atoms with Gasteiger partial charge in [0.25, 0.3) is 0 Å². The number of methoxy groups -OCH3 is 1. The van der Waals surface area contributed by atoms with Crippen LogP contribution in [0, 0.1) is 0 Å². The number of nitrogens with one attached hydrogen (secondary N) is 2. The number of amides is 2. The number of hydrogen-bond acceptors (Lipinski definition) is 5. The fourth-order valence-corrected chi connectivity index (χ4v) is 2.23. The van der Waals surface area contributed by atoms with Crippen molar-refractivity contribution >= 4 is 35.3 Å². The number of carbonyl (C=O) groups excluding carboxylic acids is 2. The van der Waals surface area contributed by atoms with Crippen molar-refractivity contribution in [3.63, 3.8) is 0 Å². The van der Waals surface area contributed by atoms with Crippen molar-refractivity contribution in [3.05, 3.63) is 53.1 Å². The maximum atomic E-state index is 11.8. The Morgan fingerprint density at radius 2 is 1.96 bits per heavy atom. The second-order valence-electron chi connectivity index (χ2n) is 5.28. The maximum absolute atomic E-state index is 11.8. The molecule has 0 fully saturated rings. The molecule has 0 aliphatic carbocycles. The minimum Gasteiger partial charge on any atom is -0.504 e. The molecule has 2 amide bonds. The number of carbonyl (C=O) groups is 2. The minimum atomic E-state index is -0.403. The third-order valence-corrected chi connectivity index (χ3v) is 3.53. The molecule has 26 heavy (non-hydrogen) atoms. The van der Waals surface area contributed by atoms with Crippen molar-refractivity contribution in [2.75, 3.05) is 12.4 Å². The van der Waals surface area contributed by atoms with Crippen LogP contribution in [0.3, 0.4) is 0 Å². The Balaban J connectivity index is 1.76. The lowest BCUT2D eigenvalue weighted by Gasteiger charge is -2.05. The first-order valence-electron chi connectivity index (χ1n) is 7.72. The number of phenols is 1. The van der Waals surface area contributed by atoms with Gasteiger partial charge in [-0.3, -0.25) is 9.59 Å². The van der Waals surface area contributed by atoms with Crippen LogP contribution in [0.4, 0.5) is 5.69 Å². The summed E-state index contributed by atoms with van der Waals surface area (Å²) in [5.74, 6) is -0.385. The van der Waals surface area contributed by atoms with Crippen molar-refractivity contribution in [1.82, 2.24) is 5.43 Å². The molecule has 0 aliphatic rings. The van der Waals surface area contributed by atoms with Crippen LogP contribution in [-0.2, 0) is 9.59 Å². The minimum absolute atomic E-state index is 0.0111. The SMILES string of the molecule is COc1ccc(C=NNC(=O)CCC(=O)Nc2cccc(Cl)c2)cc1O. The number of rotatable bonds is 7. The lowest BCUT2D eigenvalue weighted by atomic mass is 10.2. The smallest absolute Gasteiger partial charge is 0.240 e. The fourth-order valence-electron chi connectivity index (χ4n) is 2.04. The van der Waals surface area contributed by atoms with E-state index in [1.165, 1.54) is 19.4 Å². The van der Waals surface area contributed by atoms with E-state index in [-0.39, 0.29) is 24.5 Å². The summed E-state index contributed by atoms with van der Waals surface area (Å²) in [6.45, 7) is 0. The Kier molecular flexibility index (Phi) is 6.99. The number of benzene rings is 2. The molecule has 0 atom stereocenters. The lowest BCUT2D eigenvalue weighted by molar-refractivity contribution is -0.124. The highest BCUT2D eigenvalue weighted by Gasteiger charge is 2.07. The van der Waals surface area contributed by atoms with E-state index in [9.17, 15) is 14.7 Å². The molecule has 0 saturated carbocycles. The number of phenolic OH excluding ortho intramolecular Hbond substituents is 1. The standard InChI is InChI=1S/C18H18ClN3O4/c1-26-16-6-5-12(9-15(16)23)11-20-22-18(25)8-7-17(24)21-14-4-2-3-13(19)10-14/h2-6,9-11,23H,7-8H2,1H3,(H,21,24)(H,22,25). The van der Waals surface area contributed by atoms with Crippen molar-refractivity contribution in [2.24, 2.45) is 5.10 Å². The van der Waals surface area contributed by atoms with E-state index < -0.39 is 5.91 Å². The van der Waals surface area contributed by atoms with Gasteiger partial charge in [0.05, 0.1) is 13.3 Å². The second-order valence-corrected chi connectivity index (χ2v) is 5.72. The zero-order valence-electron chi connectivity index (χ0n) is 14.0. The predicted molar refractivity (Wildman–Crippen MR) is 99.7 cm³/mol. The quantitative estimate of drug-likeness (QED) is 0.511. The number of aromatic hydroxyl groups is 1. The number of hydrazone groups is 1. The molecule has 0 aromatic heterocycles. The number of halogens is 1. The molecule has 136 valence electrons. The molecule has 0 spiro atoms. The van der Waals surface area contributed by atoms with Crippen molar-refractivity contribution in [2.45, 2.75) is 12.8 Å². The van der Waals surface area contributed by atoms with Crippen molar-refractivity contribution in [1.29, 1.82) is 0 Å². The average Bonchev–Trinajstić information content (AvgIpc) is 2.60. The van der Waals surface area contributed by atoms with Crippen molar-refractivity contribution < 1.29 is 19.4 Å². The van der Waals surface area contributed by atoms with Gasteiger partial charge in [0.15, 0.2) is 11.5 Å². The van der Waals surface area contributed by atoms with E-state index in [2.05, 4.69) is 15.8 Å². The molecule has 7 nitrogen and oxygen atoms in total. The zero-order valence-corrected chi connectivity index (χ0v) is 14.8. The fraction of sp³-hybridized carbons (Fsp3) is 0.167. The second kappa shape index (κ2) is 9.43. The number of anilines is 1. The molecule has 8 heteroatoms. The van der Waals surface area contributed by atoms with Gasteiger partial charge in [-0.05, 0) is 42.0 Å². The number of nitrogens with zero attached hydrogens (tertiary/aromatic N) is 1. The molecular weight excluding hydrogens is 358 g/mol. The molecule has 0 aliphatic heterocycles. The summed E-state index contributed by atoms with van der Waals surface area (Å²) in [6.07, 6.45) is 1.37. The highest BCUT2D eigenvalue weighted by molar-refractivity contribution is 6.30. The first-order valence-corrected chi connectivity index (χ1v) is 8.10. The van der Waals surface area contributed by atoms with Crippen LogP contribution < -0.4 is 15.5 Å². The van der Waals surface area contributed by atoms with Gasteiger partial charge >= 0.3 is 0 Å². The van der Waals surface area contributed by atoms with Crippen LogP contribution in [0.5, 0.6) is 11.5 Å². The topological polar surface area (TPSA) is 100 Å². The van der Waals surface area contributed by atoms with Crippen molar-refractivity contribution in [3.8, 4) is 11.5 Å². The number of hydrogen-bond donors (Lipinski definition) is 3. The maximum Gasteiger partial charge on any atom is 0.240 e. The van der Waals surface area contributed by atoms with E-state index >= 15 is 0 Å². The first kappa shape index (κ1) is 19.3. The largest absolute Gasteiger partial charge is 0.504 e. The van der Waals surface area contributed by atoms with Crippen LogP contribution in [0.2, 0.25) is 5.02 Å². The zero-order chi connectivity index (χ0) is 18.9. The first-order chi connectivity index (χ1) is 12.5. The van der Waals surface area contributed by atoms with E-state index in [1.54, 1.807) is 36.4 Å². The van der Waals surface area contributed by atoms with Crippen LogP contribution >= 0.6 is 11.6 Å². The Hall–Kier alpha value is -3.06. The van der Waals surface area contributed by atoms with Gasteiger partial charge in [-0.1, -0.05) is 17.7 Å². The van der Waals surface area contributed by atoms with Crippen LogP contribution in [0.1, 0.15) is 18.4 Å². The van der Waals surface area contributed by atoms with Gasteiger partial charge in [0.1, 0.15) is 0 Å². The third kappa shape index (κ3) is 6.10. The predicted octanol–water partition coefficient (Wildman–Crippen LogP) is 2.92. The summed E-state index contributed by atoms with van der Waals surface area (Å²) < 4.78 is 4.94. The molecule has 0 saturated heterocycles. The van der Waals surface area contributed by atoms with Gasteiger partial charge in [-0.15, -0.1) is 0 Å². The molecule has 0 radical (unpaired) electrons. The Bertz CT molecular complexity index is 824. The summed E-state index contributed by atoms with van der Waals surface area (Å²) >= 11 is 5.84. The summed E-state index contributed by atoms with van der Waals surface area (Å²) in [5, 5.41) is 16.6. The average molecular weight is 376 g/mol. The summed E-state index contributed by atoms with van der Waals surface area (Å²) in [7, 11) is 1.45. The molecule has 0 heterocycles. The van der Waals surface area contributed by atoms with Gasteiger partial charge in [-0.2, -0.15) is 5.10 Å². The monoisotopic (exact) mass is 375 g/mol. The van der Waals surface area contributed by atoms with Crippen LogP contribution in [0.15, 0.2) is 47.6 Å². The Labute approximate surface area is 155 Å². The summed E-state index contributed by atoms with van der Waals surface area (Å²) in [6, 6.07) is 11.5. The summed E-state index contributed by atoms with van der Waals surface area (Å²) in [5.41, 5.74) is 3.48. The van der Waals surface area contributed by atoms with Gasteiger partial charge < -0.3 is 15.2 Å². The third-order valence-electron chi connectivity index (χ3n) is 3.29. The molecule has 2 rings (SSSR count). The summed E-state index contributed by atoms with van der Waals surface area (Å²) in [4.78, 5) is 23.5. The molecule has 0 bridgehead atoms. The van der Waals surface area contributed by atoms with E-state index in [0.29, 0.717) is 22.0 Å². The normalized spacial score (nSPS) is 10.5. The number of ether oxygens (including phenoxy) is 1. The van der Waals surface area contributed by atoms with Crippen LogP contribution in [-0.4, -0.2) is 30.2 Å². The molecular formula is C18H18ClN3O4. The van der Waals surface area contributed by atoms with E-state index in [4.69, 9.17) is 16.3 Å². The molecule has 3 N–H and O–H groups in total. The highest BCUT2D eigenvalue weighted by Crippen LogP contribution is 2.25. The van der Waals surface area contributed by atoms with Gasteiger partial charge in [0, 0.05) is 23.6 Å². The lowest BCUT2D eigenvalue weighted by Crippen LogP contribution is -2.20. The van der Waals surface area contributed by atoms with E-state index in [1.807, 2.05) is 0 Å². The Morgan fingerprint density at radius 3 is 2.65 bits per heavy atom. The van der Waals surface area contributed by atoms with Crippen LogP contribution in [0.25, 0.3) is 0 Å². The molecule has 0 unspecified atom stereocenters. The molecule has 2 aromatic carbocycles. The highest BCUT2D eigenvalue weighted by atomic mass is 35.5. The van der Waals surface area contributed by atoms with Gasteiger partial charge in [0.2, 0.25) is 11.8 Å². The van der Waals surface area contributed by atoms with E-state index in [0.717, 1.165) is 0 Å².